The Morgan fingerprint density at radius 3 is 1.95 bits per heavy atom. The van der Waals surface area contributed by atoms with Crippen LogP contribution in [0, 0.1) is 0 Å². The molecule has 9 heteroatoms. The first-order valence-electron chi connectivity index (χ1n) is 6.13. The molecule has 0 aromatic carbocycles. The summed E-state index contributed by atoms with van der Waals surface area (Å²) in [5, 5.41) is -0.505. The summed E-state index contributed by atoms with van der Waals surface area (Å²) in [6.07, 6.45) is -2.41. The van der Waals surface area contributed by atoms with Crippen molar-refractivity contribution in [2.45, 2.75) is 48.9 Å². The monoisotopic (exact) mass is 430 g/mol. The average molecular weight is 432 g/mol. The fraction of sp³-hybridized carbons (Fsp3) is 0.750. The van der Waals surface area contributed by atoms with Crippen molar-refractivity contribution >= 4 is 49.8 Å². The fourth-order valence-corrected chi connectivity index (χ4v) is 2.96. The highest BCUT2D eigenvalue weighted by Crippen LogP contribution is 2.33. The maximum Gasteiger partial charge on any atom is 0.303 e. The predicted molar refractivity (Wildman–Crippen MR) is 78.0 cm³/mol. The summed E-state index contributed by atoms with van der Waals surface area (Å²) in [6.45, 7) is 3.63. The zero-order chi connectivity index (χ0) is 16.2. The van der Waals surface area contributed by atoms with E-state index in [1.165, 1.54) is 20.8 Å². The lowest BCUT2D eigenvalue weighted by Crippen LogP contribution is -2.58. The van der Waals surface area contributed by atoms with Crippen molar-refractivity contribution in [2.24, 2.45) is 0 Å². The topological polar surface area (TPSA) is 88.1 Å². The van der Waals surface area contributed by atoms with Crippen molar-refractivity contribution in [2.75, 3.05) is 6.61 Å². The van der Waals surface area contributed by atoms with Crippen LogP contribution in [0.5, 0.6) is 0 Å². The van der Waals surface area contributed by atoms with Gasteiger partial charge in [0.15, 0.2) is 12.2 Å². The first-order chi connectivity index (χ1) is 9.72. The molecule has 5 atom stereocenters. The highest BCUT2D eigenvalue weighted by molar-refractivity contribution is 9.12. The van der Waals surface area contributed by atoms with Gasteiger partial charge in [-0.15, -0.1) is 0 Å². The highest BCUT2D eigenvalue weighted by Gasteiger charge is 2.48. The number of rotatable bonds is 4. The van der Waals surface area contributed by atoms with Crippen LogP contribution in [0.15, 0.2) is 0 Å². The Labute approximate surface area is 138 Å². The number of hydrogen-bond acceptors (Lipinski definition) is 7. The molecule has 21 heavy (non-hydrogen) atoms. The molecule has 0 amide bonds. The molecule has 0 saturated carbocycles. The number of ether oxygens (including phenoxy) is 4. The van der Waals surface area contributed by atoms with Crippen molar-refractivity contribution in [3.8, 4) is 0 Å². The van der Waals surface area contributed by atoms with Crippen molar-refractivity contribution in [1.82, 2.24) is 0 Å². The number of esters is 3. The van der Waals surface area contributed by atoms with Gasteiger partial charge in [0.05, 0.1) is 4.83 Å². The van der Waals surface area contributed by atoms with Gasteiger partial charge in [-0.2, -0.15) is 0 Å². The number of alkyl halides is 2. The van der Waals surface area contributed by atoms with Crippen molar-refractivity contribution in [3.05, 3.63) is 0 Å². The largest absolute Gasteiger partial charge is 0.463 e. The van der Waals surface area contributed by atoms with Gasteiger partial charge in [-0.1, -0.05) is 31.9 Å². The van der Waals surface area contributed by atoms with E-state index in [0.717, 1.165) is 0 Å². The Bertz CT molecular complexity index is 414. The van der Waals surface area contributed by atoms with E-state index >= 15 is 0 Å². The van der Waals surface area contributed by atoms with Gasteiger partial charge in [-0.25, -0.2) is 0 Å². The van der Waals surface area contributed by atoms with Crippen LogP contribution in [0.2, 0.25) is 0 Å². The van der Waals surface area contributed by atoms with E-state index in [9.17, 15) is 14.4 Å². The van der Waals surface area contributed by atoms with E-state index in [0.29, 0.717) is 0 Å². The fourth-order valence-electron chi connectivity index (χ4n) is 1.85. The molecule has 120 valence electrons. The summed E-state index contributed by atoms with van der Waals surface area (Å²) in [4.78, 5) is 33.0. The van der Waals surface area contributed by atoms with Crippen LogP contribution in [0.25, 0.3) is 0 Å². The summed E-state index contributed by atoms with van der Waals surface area (Å²) in [6, 6.07) is 0. The zero-order valence-electron chi connectivity index (χ0n) is 11.7. The molecule has 1 aliphatic heterocycles. The van der Waals surface area contributed by atoms with E-state index in [1.807, 2.05) is 0 Å². The van der Waals surface area contributed by atoms with Gasteiger partial charge in [0.1, 0.15) is 17.7 Å². The Hall–Kier alpha value is -0.670. The predicted octanol–water partition coefficient (Wildman–Crippen LogP) is 1.30. The van der Waals surface area contributed by atoms with Crippen LogP contribution < -0.4 is 0 Å². The van der Waals surface area contributed by atoms with Crippen molar-refractivity contribution in [1.29, 1.82) is 0 Å². The molecule has 1 saturated heterocycles. The van der Waals surface area contributed by atoms with Crippen LogP contribution in [0.1, 0.15) is 20.8 Å². The van der Waals surface area contributed by atoms with Gasteiger partial charge >= 0.3 is 17.9 Å². The summed E-state index contributed by atoms with van der Waals surface area (Å²) < 4.78 is 20.9. The number of carbonyl (C=O) groups excluding carboxylic acids is 3. The molecular formula is C12H16Br2O7. The maximum atomic E-state index is 11.3. The first kappa shape index (κ1) is 18.4. The van der Waals surface area contributed by atoms with Crippen LogP contribution in [0.3, 0.4) is 0 Å². The van der Waals surface area contributed by atoms with Crippen LogP contribution >= 0.6 is 31.9 Å². The molecule has 0 aromatic rings. The Morgan fingerprint density at radius 2 is 1.48 bits per heavy atom. The van der Waals surface area contributed by atoms with Gasteiger partial charge in [0.25, 0.3) is 0 Å². The quantitative estimate of drug-likeness (QED) is 0.376. The zero-order valence-corrected chi connectivity index (χ0v) is 14.9. The Morgan fingerprint density at radius 1 is 0.952 bits per heavy atom. The average Bonchev–Trinajstić information content (AvgIpc) is 2.35. The van der Waals surface area contributed by atoms with E-state index in [-0.39, 0.29) is 6.61 Å². The molecule has 0 aliphatic carbocycles. The third-order valence-corrected chi connectivity index (χ3v) is 5.11. The number of carbonyl (C=O) groups is 3. The lowest BCUT2D eigenvalue weighted by molar-refractivity contribution is -0.201. The molecule has 1 rings (SSSR count). The SMILES string of the molecule is CC(=O)OC[C@H]1O[C@H](Br)[C@H](Br)[C@@H](OC(C)=O)[C@H]1OC(C)=O. The Kier molecular flexibility index (Phi) is 7.08. The second kappa shape index (κ2) is 8.09. The third kappa shape index (κ3) is 5.55. The Balaban J connectivity index is 2.94. The molecule has 0 radical (unpaired) electrons. The van der Waals surface area contributed by atoms with Crippen LogP contribution in [-0.2, 0) is 33.3 Å². The molecule has 0 aromatic heterocycles. The number of hydrogen-bond donors (Lipinski definition) is 0. The van der Waals surface area contributed by atoms with E-state index in [4.69, 9.17) is 18.9 Å². The molecule has 0 N–H and O–H groups in total. The van der Waals surface area contributed by atoms with Gasteiger partial charge in [0, 0.05) is 20.8 Å². The van der Waals surface area contributed by atoms with Gasteiger partial charge < -0.3 is 18.9 Å². The minimum atomic E-state index is -0.885. The van der Waals surface area contributed by atoms with Gasteiger partial charge in [0.2, 0.25) is 0 Å². The van der Waals surface area contributed by atoms with Crippen LogP contribution in [0.4, 0.5) is 0 Å². The maximum absolute atomic E-state index is 11.3. The highest BCUT2D eigenvalue weighted by atomic mass is 79.9. The molecule has 1 heterocycles. The summed E-state index contributed by atoms with van der Waals surface area (Å²) >= 11 is 6.62. The first-order valence-corrected chi connectivity index (χ1v) is 7.97. The number of halogens is 2. The molecule has 0 bridgehead atoms. The molecule has 0 unspecified atom stereocenters. The summed E-state index contributed by atoms with van der Waals surface area (Å²) in [5.74, 6) is -1.56. The minimum absolute atomic E-state index is 0.118. The molecule has 7 nitrogen and oxygen atoms in total. The van der Waals surface area contributed by atoms with E-state index in [2.05, 4.69) is 31.9 Å². The standard InChI is InChI=1S/C12H16Br2O7/c1-5(15)18-4-8-10(19-6(2)16)11(20-7(3)17)9(13)12(14)21-8/h8-12H,4H2,1-3H3/t8-,9-,10+,11-,12+/m1/s1. The minimum Gasteiger partial charge on any atom is -0.463 e. The van der Waals surface area contributed by atoms with Gasteiger partial charge in [-0.3, -0.25) is 14.4 Å². The van der Waals surface area contributed by atoms with Crippen LogP contribution in [-0.4, -0.2) is 52.7 Å². The second-order valence-electron chi connectivity index (χ2n) is 4.42. The molecule has 0 spiro atoms. The molecule has 1 fully saturated rings. The lowest BCUT2D eigenvalue weighted by atomic mass is 10.0. The smallest absolute Gasteiger partial charge is 0.303 e. The normalized spacial score (nSPS) is 32.1. The van der Waals surface area contributed by atoms with Crippen molar-refractivity contribution < 1.29 is 33.3 Å². The second-order valence-corrected chi connectivity index (χ2v) is 6.38. The van der Waals surface area contributed by atoms with E-state index in [1.54, 1.807) is 0 Å². The summed E-state index contributed by atoms with van der Waals surface area (Å²) in [5.41, 5.74) is 0. The van der Waals surface area contributed by atoms with Crippen molar-refractivity contribution in [3.63, 3.8) is 0 Å². The molecule has 1 aliphatic rings. The summed E-state index contributed by atoms with van der Waals surface area (Å²) in [7, 11) is 0. The van der Waals surface area contributed by atoms with Gasteiger partial charge in [-0.05, 0) is 0 Å². The van der Waals surface area contributed by atoms with E-state index < -0.39 is 46.1 Å². The molecular weight excluding hydrogens is 416 g/mol. The third-order valence-electron chi connectivity index (χ3n) is 2.61. The lowest BCUT2D eigenvalue weighted by Gasteiger charge is -2.41.